The highest BCUT2D eigenvalue weighted by atomic mass is 32.2. The van der Waals surface area contributed by atoms with Gasteiger partial charge in [0.2, 0.25) is 0 Å². The second kappa shape index (κ2) is 12.5. The van der Waals surface area contributed by atoms with Gasteiger partial charge in [-0.15, -0.1) is 11.8 Å². The van der Waals surface area contributed by atoms with Crippen molar-refractivity contribution in [1.29, 1.82) is 0 Å². The number of guanidine groups is 1. The Labute approximate surface area is 173 Å². The molecule has 28 heavy (non-hydrogen) atoms. The van der Waals surface area contributed by atoms with Crippen molar-refractivity contribution in [2.45, 2.75) is 24.0 Å². The fourth-order valence-electron chi connectivity index (χ4n) is 2.57. The molecule has 2 aromatic rings. The van der Waals surface area contributed by atoms with Gasteiger partial charge in [0.25, 0.3) is 0 Å². The average molecular weight is 420 g/mol. The van der Waals surface area contributed by atoms with E-state index in [0.29, 0.717) is 13.0 Å². The van der Waals surface area contributed by atoms with E-state index in [1.807, 2.05) is 55.5 Å². The van der Waals surface area contributed by atoms with Crippen molar-refractivity contribution in [1.82, 2.24) is 10.6 Å². The summed E-state index contributed by atoms with van der Waals surface area (Å²) in [6.07, 6.45) is 0.518. The Bertz CT molecular complexity index is 810. The second-order valence-corrected chi connectivity index (χ2v) is 9.63. The number of nitrogens with one attached hydrogen (secondary N) is 2. The molecule has 2 N–H and O–H groups in total. The summed E-state index contributed by atoms with van der Waals surface area (Å²) in [5, 5.41) is 6.50. The number of hydrogen-bond acceptors (Lipinski definition) is 4. The van der Waals surface area contributed by atoms with Gasteiger partial charge in [-0.05, 0) is 31.0 Å². The first kappa shape index (κ1) is 22.3. The molecule has 0 atom stereocenters. The summed E-state index contributed by atoms with van der Waals surface area (Å²) in [7, 11) is -3.11. The predicted molar refractivity (Wildman–Crippen MR) is 120 cm³/mol. The van der Waals surface area contributed by atoms with Crippen molar-refractivity contribution < 1.29 is 8.42 Å². The molecule has 0 saturated carbocycles. The minimum Gasteiger partial charge on any atom is -0.357 e. The van der Waals surface area contributed by atoms with Crippen LogP contribution in [0.15, 0.2) is 70.6 Å². The lowest BCUT2D eigenvalue weighted by Gasteiger charge is -2.11. The lowest BCUT2D eigenvalue weighted by Crippen LogP contribution is -2.38. The van der Waals surface area contributed by atoms with Gasteiger partial charge >= 0.3 is 0 Å². The molecule has 0 aliphatic carbocycles. The van der Waals surface area contributed by atoms with Crippen LogP contribution in [-0.2, 0) is 15.6 Å². The number of aliphatic imine (C=N–C) groups is 1. The van der Waals surface area contributed by atoms with Gasteiger partial charge in [0.15, 0.2) is 15.8 Å². The standard InChI is InChI=1S/C21H29N3O2S2/c1-2-22-21(24-15-16-27-20-12-7-4-8-13-20)23-14-9-17-28(25,26)18-19-10-5-3-6-11-19/h3-8,10-13H,2,9,14-18H2,1H3,(H2,22,23,24). The molecule has 0 bridgehead atoms. The maximum absolute atomic E-state index is 12.2. The second-order valence-electron chi connectivity index (χ2n) is 6.28. The normalized spacial score (nSPS) is 12.0. The van der Waals surface area contributed by atoms with E-state index in [2.05, 4.69) is 27.8 Å². The quantitative estimate of drug-likeness (QED) is 0.253. The van der Waals surface area contributed by atoms with Crippen molar-refractivity contribution in [3.63, 3.8) is 0 Å². The van der Waals surface area contributed by atoms with Crippen molar-refractivity contribution in [3.8, 4) is 0 Å². The zero-order valence-electron chi connectivity index (χ0n) is 16.3. The molecule has 0 spiro atoms. The lowest BCUT2D eigenvalue weighted by atomic mass is 10.2. The Hall–Kier alpha value is -1.99. The molecule has 0 aliphatic heterocycles. The van der Waals surface area contributed by atoms with Gasteiger partial charge < -0.3 is 10.6 Å². The van der Waals surface area contributed by atoms with Gasteiger partial charge in [0.1, 0.15) is 0 Å². The molecule has 0 unspecified atom stereocenters. The largest absolute Gasteiger partial charge is 0.357 e. The van der Waals surface area contributed by atoms with Crippen LogP contribution in [0.25, 0.3) is 0 Å². The molecule has 2 rings (SSSR count). The molecular formula is C21H29N3O2S2. The number of benzene rings is 2. The molecule has 152 valence electrons. The van der Waals surface area contributed by atoms with Crippen LogP contribution in [0.1, 0.15) is 18.9 Å². The van der Waals surface area contributed by atoms with E-state index in [-0.39, 0.29) is 11.5 Å². The molecule has 5 nitrogen and oxygen atoms in total. The number of hydrogen-bond donors (Lipinski definition) is 2. The van der Waals surface area contributed by atoms with Crippen LogP contribution < -0.4 is 10.6 Å². The van der Waals surface area contributed by atoms with Gasteiger partial charge in [-0.3, -0.25) is 4.99 Å². The molecule has 0 fully saturated rings. The van der Waals surface area contributed by atoms with Gasteiger partial charge in [-0.1, -0.05) is 48.5 Å². The monoisotopic (exact) mass is 419 g/mol. The van der Waals surface area contributed by atoms with Crippen LogP contribution in [0.3, 0.4) is 0 Å². The van der Waals surface area contributed by atoms with Gasteiger partial charge in [0.05, 0.1) is 11.5 Å². The zero-order chi connectivity index (χ0) is 20.1. The molecule has 0 heterocycles. The summed E-state index contributed by atoms with van der Waals surface area (Å²) in [5.41, 5.74) is 0.830. The van der Waals surface area contributed by atoms with E-state index in [1.54, 1.807) is 11.8 Å². The topological polar surface area (TPSA) is 70.6 Å². The van der Waals surface area contributed by atoms with E-state index in [1.165, 1.54) is 4.90 Å². The number of nitrogens with zero attached hydrogens (tertiary/aromatic N) is 1. The van der Waals surface area contributed by atoms with Gasteiger partial charge in [-0.2, -0.15) is 0 Å². The molecule has 0 aliphatic rings. The fraction of sp³-hybridized carbons (Fsp3) is 0.381. The van der Waals surface area contributed by atoms with Crippen LogP contribution >= 0.6 is 11.8 Å². The highest BCUT2D eigenvalue weighted by Crippen LogP contribution is 2.15. The molecular weight excluding hydrogens is 390 g/mol. The van der Waals surface area contributed by atoms with E-state index in [9.17, 15) is 8.42 Å². The van der Waals surface area contributed by atoms with Crippen LogP contribution in [0.4, 0.5) is 0 Å². The molecule has 2 aromatic carbocycles. The first-order valence-electron chi connectivity index (χ1n) is 9.53. The summed E-state index contributed by atoms with van der Waals surface area (Å²) >= 11 is 1.79. The summed E-state index contributed by atoms with van der Waals surface area (Å²) in [5.74, 6) is 1.90. The number of sulfone groups is 1. The summed E-state index contributed by atoms with van der Waals surface area (Å²) in [4.78, 5) is 5.73. The van der Waals surface area contributed by atoms with Crippen molar-refractivity contribution in [2.24, 2.45) is 4.99 Å². The Morgan fingerprint density at radius 1 is 1.00 bits per heavy atom. The van der Waals surface area contributed by atoms with Gasteiger partial charge in [-0.25, -0.2) is 8.42 Å². The van der Waals surface area contributed by atoms with Crippen LogP contribution in [-0.4, -0.2) is 45.5 Å². The Morgan fingerprint density at radius 2 is 1.68 bits per heavy atom. The van der Waals surface area contributed by atoms with Crippen molar-refractivity contribution >= 4 is 27.6 Å². The summed E-state index contributed by atoms with van der Waals surface area (Å²) in [6, 6.07) is 19.6. The molecule has 0 amide bonds. The first-order valence-corrected chi connectivity index (χ1v) is 12.3. The third-order valence-corrected chi connectivity index (χ3v) is 6.56. The van der Waals surface area contributed by atoms with Gasteiger partial charge in [0, 0.05) is 30.3 Å². The minimum absolute atomic E-state index is 0.0899. The molecule has 0 saturated heterocycles. The Morgan fingerprint density at radius 3 is 2.36 bits per heavy atom. The number of rotatable bonds is 11. The predicted octanol–water partition coefficient (Wildman–Crippen LogP) is 3.34. The smallest absolute Gasteiger partial charge is 0.191 e. The lowest BCUT2D eigenvalue weighted by molar-refractivity contribution is 0.592. The summed E-state index contributed by atoms with van der Waals surface area (Å²) in [6.45, 7) is 4.05. The average Bonchev–Trinajstić information content (AvgIpc) is 2.69. The third kappa shape index (κ3) is 9.28. The Balaban J connectivity index is 1.71. The maximum atomic E-state index is 12.2. The van der Waals surface area contributed by atoms with Crippen molar-refractivity contribution in [2.75, 3.05) is 31.1 Å². The van der Waals surface area contributed by atoms with E-state index in [0.717, 1.165) is 30.4 Å². The first-order chi connectivity index (χ1) is 13.6. The fourth-order valence-corrected chi connectivity index (χ4v) is 4.78. The highest BCUT2D eigenvalue weighted by molar-refractivity contribution is 7.99. The molecule has 0 aromatic heterocycles. The Kier molecular flexibility index (Phi) is 9.93. The molecule has 7 heteroatoms. The van der Waals surface area contributed by atoms with Crippen molar-refractivity contribution in [3.05, 3.63) is 66.2 Å². The van der Waals surface area contributed by atoms with E-state index in [4.69, 9.17) is 0 Å². The van der Waals surface area contributed by atoms with E-state index < -0.39 is 9.84 Å². The minimum atomic E-state index is -3.11. The van der Waals surface area contributed by atoms with Crippen LogP contribution in [0, 0.1) is 0 Å². The maximum Gasteiger partial charge on any atom is 0.191 e. The summed E-state index contributed by atoms with van der Waals surface area (Å²) < 4.78 is 24.5. The SMILES string of the molecule is CCNC(=NCCCS(=O)(=O)Cc1ccccc1)NCCSc1ccccc1. The molecule has 0 radical (unpaired) electrons. The third-order valence-electron chi connectivity index (χ3n) is 3.86. The van der Waals surface area contributed by atoms with Crippen LogP contribution in [0.5, 0.6) is 0 Å². The number of thioether (sulfide) groups is 1. The van der Waals surface area contributed by atoms with Crippen LogP contribution in [0.2, 0.25) is 0 Å². The van der Waals surface area contributed by atoms with E-state index >= 15 is 0 Å². The zero-order valence-corrected chi connectivity index (χ0v) is 17.9. The highest BCUT2D eigenvalue weighted by Gasteiger charge is 2.11.